The van der Waals surface area contributed by atoms with E-state index in [0.717, 1.165) is 12.5 Å². The third-order valence-corrected chi connectivity index (χ3v) is 5.50. The third-order valence-electron chi connectivity index (χ3n) is 5.50. The first-order valence-corrected chi connectivity index (χ1v) is 13.8. The first kappa shape index (κ1) is 34.6. The number of hydrogen-bond donors (Lipinski definition) is 0. The van der Waals surface area contributed by atoms with Gasteiger partial charge in [-0.25, -0.2) is 0 Å². The summed E-state index contributed by atoms with van der Waals surface area (Å²) in [6.45, 7) is 27.0. The van der Waals surface area contributed by atoms with Crippen LogP contribution in [0.1, 0.15) is 135 Å². The van der Waals surface area contributed by atoms with Crippen LogP contribution in [0.25, 0.3) is 0 Å². The van der Waals surface area contributed by atoms with Crippen LogP contribution < -0.4 is 0 Å². The number of aryl methyl sites for hydroxylation is 1. The summed E-state index contributed by atoms with van der Waals surface area (Å²) in [6.07, 6.45) is 2.97. The summed E-state index contributed by atoms with van der Waals surface area (Å²) in [5.74, 6) is 2.99. The summed E-state index contributed by atoms with van der Waals surface area (Å²) in [7, 11) is 4.19. The molecule has 196 valence electrons. The lowest BCUT2D eigenvalue weighted by atomic mass is 9.89. The van der Waals surface area contributed by atoms with Gasteiger partial charge in [-0.1, -0.05) is 137 Å². The Labute approximate surface area is 215 Å². The fraction of sp³-hybridized carbons (Fsp3) is 0.636. The predicted molar refractivity (Wildman–Crippen MR) is 158 cm³/mol. The van der Waals surface area contributed by atoms with Crippen molar-refractivity contribution in [2.45, 2.75) is 120 Å². The van der Waals surface area contributed by atoms with Crippen LogP contribution in [0, 0.1) is 12.8 Å². The van der Waals surface area contributed by atoms with Gasteiger partial charge < -0.3 is 4.90 Å². The number of hydrogen-bond acceptors (Lipinski definition) is 1. The van der Waals surface area contributed by atoms with Crippen LogP contribution in [0.4, 0.5) is 0 Å². The van der Waals surface area contributed by atoms with Gasteiger partial charge in [0.2, 0.25) is 0 Å². The van der Waals surface area contributed by atoms with Crippen molar-refractivity contribution in [3.8, 4) is 0 Å². The Morgan fingerprint density at radius 1 is 0.706 bits per heavy atom. The summed E-state index contributed by atoms with van der Waals surface area (Å²) >= 11 is 0. The number of benzene rings is 2. The highest BCUT2D eigenvalue weighted by atomic mass is 15.0. The lowest BCUT2D eigenvalue weighted by Crippen LogP contribution is -2.10. The van der Waals surface area contributed by atoms with Gasteiger partial charge in [-0.3, -0.25) is 0 Å². The molecule has 1 aliphatic rings. The molecular formula is C33H59N. The molecule has 0 unspecified atom stereocenters. The minimum atomic E-state index is 0.633. The Hall–Kier alpha value is -1.60. The van der Waals surface area contributed by atoms with Crippen LogP contribution in [0.3, 0.4) is 0 Å². The molecule has 0 bridgehead atoms. The van der Waals surface area contributed by atoms with Gasteiger partial charge in [0.15, 0.2) is 0 Å². The zero-order valence-electron chi connectivity index (χ0n) is 25.4. The number of nitrogens with zero attached hydrogens (tertiary/aromatic N) is 1. The fourth-order valence-electron chi connectivity index (χ4n) is 3.26. The van der Waals surface area contributed by atoms with E-state index >= 15 is 0 Å². The molecule has 3 rings (SSSR count). The Balaban J connectivity index is 0. The van der Waals surface area contributed by atoms with Crippen molar-refractivity contribution in [2.75, 3.05) is 14.1 Å². The van der Waals surface area contributed by atoms with Gasteiger partial charge >= 0.3 is 0 Å². The van der Waals surface area contributed by atoms with Gasteiger partial charge in [0.25, 0.3) is 0 Å². The second-order valence-electron chi connectivity index (χ2n) is 10.3. The van der Waals surface area contributed by atoms with Gasteiger partial charge in [0, 0.05) is 6.54 Å². The predicted octanol–water partition coefficient (Wildman–Crippen LogP) is 10.6. The van der Waals surface area contributed by atoms with Crippen LogP contribution in [-0.2, 0) is 6.54 Å². The van der Waals surface area contributed by atoms with Gasteiger partial charge in [0.05, 0.1) is 0 Å². The van der Waals surface area contributed by atoms with Crippen molar-refractivity contribution in [2.24, 2.45) is 5.92 Å². The fourth-order valence-corrected chi connectivity index (χ4v) is 3.26. The van der Waals surface area contributed by atoms with E-state index in [1.54, 1.807) is 0 Å². The average molecular weight is 470 g/mol. The zero-order chi connectivity index (χ0) is 26.8. The van der Waals surface area contributed by atoms with Crippen molar-refractivity contribution in [3.05, 3.63) is 70.3 Å². The molecule has 0 amide bonds. The average Bonchev–Trinajstić information content (AvgIpc) is 3.59. The van der Waals surface area contributed by atoms with E-state index in [2.05, 4.69) is 117 Å². The lowest BCUT2D eigenvalue weighted by molar-refractivity contribution is 0.402. The summed E-state index contributed by atoms with van der Waals surface area (Å²) in [5.41, 5.74) is 7.18. The second-order valence-corrected chi connectivity index (χ2v) is 10.3. The van der Waals surface area contributed by atoms with E-state index in [1.165, 1.54) is 40.7 Å². The Morgan fingerprint density at radius 2 is 1.15 bits per heavy atom. The molecule has 34 heavy (non-hydrogen) atoms. The van der Waals surface area contributed by atoms with E-state index in [-0.39, 0.29) is 0 Å². The molecule has 0 aliphatic heterocycles. The molecule has 1 aliphatic carbocycles. The highest BCUT2D eigenvalue weighted by molar-refractivity contribution is 5.35. The first-order valence-electron chi connectivity index (χ1n) is 13.8. The molecule has 2 aromatic rings. The van der Waals surface area contributed by atoms with E-state index in [0.29, 0.717) is 17.8 Å². The lowest BCUT2D eigenvalue weighted by Gasteiger charge is -2.16. The maximum atomic E-state index is 2.32. The van der Waals surface area contributed by atoms with Gasteiger partial charge in [0.1, 0.15) is 0 Å². The molecule has 1 fully saturated rings. The highest BCUT2D eigenvalue weighted by Gasteiger charge is 2.12. The van der Waals surface area contributed by atoms with Crippen LogP contribution >= 0.6 is 0 Å². The van der Waals surface area contributed by atoms with Gasteiger partial charge in [-0.05, 0) is 66.9 Å². The van der Waals surface area contributed by atoms with Crippen molar-refractivity contribution in [1.82, 2.24) is 4.90 Å². The van der Waals surface area contributed by atoms with Crippen molar-refractivity contribution in [1.29, 1.82) is 0 Å². The standard InChI is InChI=1S/C13H20.C12H19N.C4H8.2C2H6/c1-9(2)12-7-6-11(5)8-13(12)10(3)4;1-10(2)12-7-5-11(6-8-12)9-13(3)4;1-4-2-3-4;2*1-2/h6-10H,1-5H3;5-8,10H,9H2,1-4H3;4H,2-3H2,1H3;2*1-2H3. The minimum absolute atomic E-state index is 0.633. The molecular weight excluding hydrogens is 410 g/mol. The smallest absolute Gasteiger partial charge is 0.0227 e. The molecule has 0 aromatic heterocycles. The zero-order valence-corrected chi connectivity index (χ0v) is 25.4. The van der Waals surface area contributed by atoms with Crippen molar-refractivity contribution in [3.63, 3.8) is 0 Å². The first-order chi connectivity index (χ1) is 16.0. The van der Waals surface area contributed by atoms with E-state index in [1.807, 2.05) is 27.7 Å². The van der Waals surface area contributed by atoms with Crippen molar-refractivity contribution >= 4 is 0 Å². The maximum absolute atomic E-state index is 2.32. The van der Waals surface area contributed by atoms with Crippen LogP contribution in [0.15, 0.2) is 42.5 Å². The molecule has 1 heteroatoms. The van der Waals surface area contributed by atoms with E-state index in [9.17, 15) is 0 Å². The SMILES string of the molecule is CC.CC.CC(C)c1ccc(CN(C)C)cc1.CC1CC1.Cc1ccc(C(C)C)c(C(C)C)c1. The normalized spacial score (nSPS) is 12.1. The molecule has 1 nitrogen and oxygen atoms in total. The summed E-state index contributed by atoms with van der Waals surface area (Å²) in [5, 5.41) is 0. The molecule has 0 radical (unpaired) electrons. The molecule has 0 saturated heterocycles. The summed E-state index contributed by atoms with van der Waals surface area (Å²) < 4.78 is 0. The summed E-state index contributed by atoms with van der Waals surface area (Å²) in [6, 6.07) is 15.7. The third kappa shape index (κ3) is 16.1. The van der Waals surface area contributed by atoms with Crippen LogP contribution in [0.2, 0.25) is 0 Å². The topological polar surface area (TPSA) is 3.24 Å². The molecule has 0 N–H and O–H groups in total. The molecule has 0 atom stereocenters. The van der Waals surface area contributed by atoms with Gasteiger partial charge in [-0.2, -0.15) is 0 Å². The minimum Gasteiger partial charge on any atom is -0.305 e. The van der Waals surface area contributed by atoms with E-state index in [4.69, 9.17) is 0 Å². The van der Waals surface area contributed by atoms with E-state index < -0.39 is 0 Å². The van der Waals surface area contributed by atoms with Crippen LogP contribution in [-0.4, -0.2) is 19.0 Å². The maximum Gasteiger partial charge on any atom is 0.0227 e. The molecule has 0 heterocycles. The van der Waals surface area contributed by atoms with Crippen LogP contribution in [0.5, 0.6) is 0 Å². The van der Waals surface area contributed by atoms with Gasteiger partial charge in [-0.15, -0.1) is 0 Å². The Morgan fingerprint density at radius 3 is 1.47 bits per heavy atom. The molecule has 2 aromatic carbocycles. The largest absolute Gasteiger partial charge is 0.305 e. The monoisotopic (exact) mass is 469 g/mol. The second kappa shape index (κ2) is 19.7. The number of rotatable bonds is 5. The molecule has 1 saturated carbocycles. The molecule has 0 spiro atoms. The Kier molecular flexibility index (Phi) is 20.0. The summed E-state index contributed by atoms with van der Waals surface area (Å²) in [4.78, 5) is 2.18. The Bertz CT molecular complexity index is 719. The highest BCUT2D eigenvalue weighted by Crippen LogP contribution is 2.27. The quantitative estimate of drug-likeness (QED) is 0.421. The van der Waals surface area contributed by atoms with Crippen molar-refractivity contribution < 1.29 is 0 Å².